The van der Waals surface area contributed by atoms with Crippen LogP contribution in [0, 0.1) is 0 Å². The van der Waals surface area contributed by atoms with Crippen molar-refractivity contribution in [2.24, 2.45) is 0 Å². The van der Waals surface area contributed by atoms with Gasteiger partial charge in [-0.15, -0.1) is 0 Å². The zero-order chi connectivity index (χ0) is 23.2. The Hall–Kier alpha value is -3.42. The lowest BCUT2D eigenvalue weighted by atomic mass is 9.93. The van der Waals surface area contributed by atoms with Gasteiger partial charge in [0.15, 0.2) is 0 Å². The Morgan fingerprint density at radius 2 is 1.76 bits per heavy atom. The molecule has 0 spiro atoms. The van der Waals surface area contributed by atoms with E-state index in [1.54, 1.807) is 12.3 Å². The molecule has 0 aliphatic carbocycles. The van der Waals surface area contributed by atoms with Crippen LogP contribution in [0.5, 0.6) is 0 Å². The van der Waals surface area contributed by atoms with Crippen molar-refractivity contribution in [1.29, 1.82) is 0 Å². The number of unbranched alkanes of at least 4 members (excludes halogenated alkanes) is 1. The minimum absolute atomic E-state index is 0.151. The van der Waals surface area contributed by atoms with Gasteiger partial charge in [0.2, 0.25) is 0 Å². The summed E-state index contributed by atoms with van der Waals surface area (Å²) >= 11 is 0. The van der Waals surface area contributed by atoms with Crippen molar-refractivity contribution >= 4 is 34.8 Å². The Balaban J connectivity index is 1.51. The van der Waals surface area contributed by atoms with Crippen molar-refractivity contribution in [3.8, 4) is 0 Å². The highest BCUT2D eigenvalue weighted by Gasteiger charge is 2.27. The number of fused-ring (bicyclic) bond motifs is 1. The molecular formula is C26H30N4O3. The van der Waals surface area contributed by atoms with Gasteiger partial charge in [0.1, 0.15) is 0 Å². The van der Waals surface area contributed by atoms with Gasteiger partial charge in [0, 0.05) is 61.5 Å². The van der Waals surface area contributed by atoms with E-state index in [0.29, 0.717) is 23.1 Å². The Labute approximate surface area is 194 Å². The third-order valence-corrected chi connectivity index (χ3v) is 6.01. The molecule has 2 heterocycles. The summed E-state index contributed by atoms with van der Waals surface area (Å²) < 4.78 is 0. The Kier molecular flexibility index (Phi) is 7.22. The van der Waals surface area contributed by atoms with E-state index in [2.05, 4.69) is 39.6 Å². The minimum atomic E-state index is -0.421. The van der Waals surface area contributed by atoms with E-state index in [9.17, 15) is 9.59 Å². The fourth-order valence-electron chi connectivity index (χ4n) is 4.01. The maximum Gasteiger partial charge on any atom is 0.260 e. The average molecular weight is 447 g/mol. The molecule has 2 amide bonds. The molecule has 3 N–H and O–H groups in total. The number of hydrogen-bond donors (Lipinski definition) is 3. The summed E-state index contributed by atoms with van der Waals surface area (Å²) in [5, 5.41) is 14.5. The third-order valence-electron chi connectivity index (χ3n) is 6.01. The monoisotopic (exact) mass is 446 g/mol. The first-order valence-electron chi connectivity index (χ1n) is 11.3. The molecule has 0 radical (unpaired) electrons. The van der Waals surface area contributed by atoms with Crippen LogP contribution in [0.25, 0.3) is 11.6 Å². The third kappa shape index (κ3) is 5.50. The van der Waals surface area contributed by atoms with Crippen molar-refractivity contribution in [3.63, 3.8) is 0 Å². The summed E-state index contributed by atoms with van der Waals surface area (Å²) in [4.78, 5) is 29.6. The molecule has 2 aromatic rings. The van der Waals surface area contributed by atoms with Gasteiger partial charge in [-0.25, -0.2) is 0 Å². The first-order chi connectivity index (χ1) is 16.0. The molecule has 0 bridgehead atoms. The predicted octanol–water partition coefficient (Wildman–Crippen LogP) is 2.95. The Morgan fingerprint density at radius 3 is 2.48 bits per heavy atom. The van der Waals surface area contributed by atoms with Crippen LogP contribution in [-0.2, 0) is 4.79 Å². The molecule has 1 fully saturated rings. The number of nitrogens with zero attached hydrogens (tertiary/aromatic N) is 2. The van der Waals surface area contributed by atoms with Crippen molar-refractivity contribution in [2.45, 2.75) is 12.8 Å². The number of hydrogen-bond acceptors (Lipinski definition) is 6. The quantitative estimate of drug-likeness (QED) is 0.345. The number of carbonyl (C=O) groups excluding carboxylic acids is 2. The molecule has 4 rings (SSSR count). The number of imide groups is 1. The highest BCUT2D eigenvalue weighted by Crippen LogP contribution is 2.27. The van der Waals surface area contributed by atoms with Gasteiger partial charge in [0.25, 0.3) is 11.8 Å². The number of allylic oxidation sites excluding steroid dienone is 1. The summed E-state index contributed by atoms with van der Waals surface area (Å²) in [7, 11) is 2.14. The lowest BCUT2D eigenvalue weighted by Gasteiger charge is -2.34. The second kappa shape index (κ2) is 10.5. The number of carbonyl (C=O) groups is 2. The molecule has 7 heteroatoms. The standard InChI is InChI=1S/C26H30N4O3/c1-29-12-14-30(15-13-29)21-9-7-20(8-10-21)27-18-24-23-17-19(5-3-2-4-16-31)6-11-22(23)25(32)28-26(24)33/h3,5-11,17-18,27,31H,2,4,12-16H2,1H3,(H,28,32,33). The second-order valence-corrected chi connectivity index (χ2v) is 8.40. The van der Waals surface area contributed by atoms with Crippen LogP contribution in [0.3, 0.4) is 0 Å². The van der Waals surface area contributed by atoms with Gasteiger partial charge in [-0.1, -0.05) is 18.2 Å². The first-order valence-corrected chi connectivity index (χ1v) is 11.3. The van der Waals surface area contributed by atoms with Gasteiger partial charge in [-0.2, -0.15) is 0 Å². The lowest BCUT2D eigenvalue weighted by molar-refractivity contribution is -0.114. The number of benzene rings is 2. The molecule has 0 unspecified atom stereocenters. The SMILES string of the molecule is CN1CCN(c2ccc(NC=C3C(=O)NC(=O)c4ccc(C=CCCCO)cc43)cc2)CC1. The van der Waals surface area contributed by atoms with E-state index in [4.69, 9.17) is 5.11 Å². The smallest absolute Gasteiger partial charge is 0.260 e. The number of anilines is 2. The normalized spacial score (nSPS) is 18.0. The largest absolute Gasteiger partial charge is 0.396 e. The fraction of sp³-hybridized carbons (Fsp3) is 0.308. The summed E-state index contributed by atoms with van der Waals surface area (Å²) in [5.74, 6) is -0.810. The van der Waals surface area contributed by atoms with Crippen LogP contribution in [-0.4, -0.2) is 61.7 Å². The molecule has 2 aliphatic rings. The van der Waals surface area contributed by atoms with Crippen molar-refractivity contribution in [2.75, 3.05) is 50.1 Å². The van der Waals surface area contributed by atoms with Gasteiger partial charge in [-0.3, -0.25) is 14.9 Å². The van der Waals surface area contributed by atoms with Gasteiger partial charge in [-0.05, 0) is 61.9 Å². The molecule has 2 aromatic carbocycles. The van der Waals surface area contributed by atoms with Crippen LogP contribution in [0.1, 0.15) is 34.3 Å². The fourth-order valence-corrected chi connectivity index (χ4v) is 4.01. The molecule has 0 saturated carbocycles. The number of piperazine rings is 1. The molecule has 0 aromatic heterocycles. The zero-order valence-corrected chi connectivity index (χ0v) is 18.9. The maximum absolute atomic E-state index is 12.6. The molecule has 2 aliphatic heterocycles. The van der Waals surface area contributed by atoms with Crippen molar-refractivity contribution in [1.82, 2.24) is 10.2 Å². The van der Waals surface area contributed by atoms with E-state index >= 15 is 0 Å². The van der Waals surface area contributed by atoms with Gasteiger partial charge >= 0.3 is 0 Å². The summed E-state index contributed by atoms with van der Waals surface area (Å²) in [6.07, 6.45) is 7.04. The van der Waals surface area contributed by atoms with Crippen molar-refractivity contribution < 1.29 is 14.7 Å². The number of aliphatic hydroxyl groups excluding tert-OH is 1. The zero-order valence-electron chi connectivity index (χ0n) is 18.9. The molecule has 33 heavy (non-hydrogen) atoms. The Morgan fingerprint density at radius 1 is 1.00 bits per heavy atom. The molecule has 1 saturated heterocycles. The van der Waals surface area contributed by atoms with E-state index in [0.717, 1.165) is 43.9 Å². The lowest BCUT2D eigenvalue weighted by Crippen LogP contribution is -2.44. The molecule has 172 valence electrons. The summed E-state index contributed by atoms with van der Waals surface area (Å²) in [5.41, 5.74) is 4.45. The first kappa shape index (κ1) is 22.8. The van der Waals surface area contributed by atoms with Gasteiger partial charge < -0.3 is 20.2 Å². The number of aliphatic hydroxyl groups is 1. The van der Waals surface area contributed by atoms with E-state index < -0.39 is 5.91 Å². The molecular weight excluding hydrogens is 416 g/mol. The van der Waals surface area contributed by atoms with Crippen LogP contribution >= 0.6 is 0 Å². The van der Waals surface area contributed by atoms with Crippen LogP contribution in [0.2, 0.25) is 0 Å². The maximum atomic E-state index is 12.6. The number of nitrogens with one attached hydrogen (secondary N) is 2. The Bertz CT molecular complexity index is 1070. The highest BCUT2D eigenvalue weighted by atomic mass is 16.3. The van der Waals surface area contributed by atoms with Crippen molar-refractivity contribution in [3.05, 3.63) is 71.4 Å². The summed E-state index contributed by atoms with van der Waals surface area (Å²) in [6, 6.07) is 13.6. The number of likely N-dealkylation sites (N-methyl/N-ethyl adjacent to an activating group) is 1. The van der Waals surface area contributed by atoms with E-state index in [1.807, 2.05) is 36.4 Å². The van der Waals surface area contributed by atoms with Crippen LogP contribution < -0.4 is 15.5 Å². The van der Waals surface area contributed by atoms with Crippen LogP contribution in [0.4, 0.5) is 11.4 Å². The number of rotatable bonds is 7. The number of amides is 2. The molecule has 0 atom stereocenters. The molecule has 7 nitrogen and oxygen atoms in total. The van der Waals surface area contributed by atoms with Gasteiger partial charge in [0.05, 0.1) is 5.57 Å². The second-order valence-electron chi connectivity index (χ2n) is 8.40. The van der Waals surface area contributed by atoms with Crippen LogP contribution in [0.15, 0.2) is 54.7 Å². The van der Waals surface area contributed by atoms with E-state index in [-0.39, 0.29) is 12.5 Å². The predicted molar refractivity (Wildman–Crippen MR) is 132 cm³/mol. The highest BCUT2D eigenvalue weighted by molar-refractivity contribution is 6.31. The average Bonchev–Trinajstić information content (AvgIpc) is 2.82. The topological polar surface area (TPSA) is 84.9 Å². The minimum Gasteiger partial charge on any atom is -0.396 e. The van der Waals surface area contributed by atoms with E-state index in [1.165, 1.54) is 5.69 Å². The summed E-state index contributed by atoms with van der Waals surface area (Å²) in [6.45, 7) is 4.28.